The zero-order chi connectivity index (χ0) is 17.4. The van der Waals surface area contributed by atoms with Crippen LogP contribution in [0.15, 0.2) is 48.5 Å². The van der Waals surface area contributed by atoms with Crippen LogP contribution in [0.2, 0.25) is 0 Å². The highest BCUT2D eigenvalue weighted by Gasteiger charge is 2.10. The van der Waals surface area contributed by atoms with Gasteiger partial charge in [0.15, 0.2) is 0 Å². The lowest BCUT2D eigenvalue weighted by molar-refractivity contribution is 0.750. The molecule has 130 valence electrons. The van der Waals surface area contributed by atoms with Crippen molar-refractivity contribution in [2.75, 3.05) is 11.5 Å². The second kappa shape index (κ2) is 10.2. The Morgan fingerprint density at radius 2 is 1.00 bits per heavy atom. The third-order valence-electron chi connectivity index (χ3n) is 3.74. The van der Waals surface area contributed by atoms with Crippen LogP contribution in [0, 0.1) is 11.8 Å². The van der Waals surface area contributed by atoms with E-state index in [4.69, 9.17) is 0 Å². The number of rotatable bonds is 9. The molecule has 0 unspecified atom stereocenters. The van der Waals surface area contributed by atoms with E-state index in [0.29, 0.717) is 0 Å². The van der Waals surface area contributed by atoms with Crippen LogP contribution in [0.1, 0.15) is 38.8 Å². The van der Waals surface area contributed by atoms with Crippen molar-refractivity contribution in [2.45, 2.75) is 39.2 Å². The van der Waals surface area contributed by atoms with Gasteiger partial charge in [0.2, 0.25) is 0 Å². The Balaban J connectivity index is 2.18. The highest BCUT2D eigenvalue weighted by atomic mass is 32.2. The molecule has 0 saturated carbocycles. The van der Waals surface area contributed by atoms with E-state index in [0.717, 1.165) is 23.3 Å². The monoisotopic (exact) mass is 358 g/mol. The fourth-order valence-electron chi connectivity index (χ4n) is 2.63. The fraction of sp³-hybridized carbons (Fsp3) is 0.455. The lowest BCUT2D eigenvalue weighted by Gasteiger charge is -2.15. The number of hydrogen-bond acceptors (Lipinski definition) is 2. The predicted molar refractivity (Wildman–Crippen MR) is 114 cm³/mol. The maximum atomic E-state index is 2.29. The molecular weight excluding hydrogens is 328 g/mol. The van der Waals surface area contributed by atoms with Gasteiger partial charge in [-0.25, -0.2) is 0 Å². The smallest absolute Gasteiger partial charge is 0.0190 e. The molecular formula is C22H30S2. The molecule has 24 heavy (non-hydrogen) atoms. The molecule has 2 rings (SSSR count). The van der Waals surface area contributed by atoms with Crippen LogP contribution >= 0.6 is 23.5 Å². The van der Waals surface area contributed by atoms with E-state index in [9.17, 15) is 0 Å². The van der Waals surface area contributed by atoms with Crippen molar-refractivity contribution >= 4 is 23.5 Å². The Morgan fingerprint density at radius 1 is 0.625 bits per heavy atom. The van der Waals surface area contributed by atoms with Crippen molar-refractivity contribution in [2.24, 2.45) is 11.8 Å². The third-order valence-corrected chi connectivity index (χ3v) is 6.58. The summed E-state index contributed by atoms with van der Waals surface area (Å²) in [5.74, 6) is 6.15. The lowest BCUT2D eigenvalue weighted by Crippen LogP contribution is -1.96. The number of benzene rings is 2. The maximum Gasteiger partial charge on any atom is 0.0190 e. The highest BCUT2D eigenvalue weighted by molar-refractivity contribution is 7.98. The van der Waals surface area contributed by atoms with Crippen molar-refractivity contribution in [1.29, 1.82) is 0 Å². The Labute approximate surface area is 156 Å². The van der Waals surface area contributed by atoms with E-state index in [1.165, 1.54) is 33.8 Å². The van der Waals surface area contributed by atoms with Crippen molar-refractivity contribution in [3.05, 3.63) is 59.7 Å². The molecule has 0 spiro atoms. The van der Waals surface area contributed by atoms with E-state index in [1.54, 1.807) is 0 Å². The third kappa shape index (κ3) is 6.22. The van der Waals surface area contributed by atoms with Crippen LogP contribution < -0.4 is 0 Å². The van der Waals surface area contributed by atoms with Gasteiger partial charge < -0.3 is 0 Å². The Bertz CT molecular complexity index is 561. The molecule has 0 bridgehead atoms. The van der Waals surface area contributed by atoms with Crippen molar-refractivity contribution in [1.82, 2.24) is 0 Å². The first-order chi connectivity index (χ1) is 11.6. The van der Waals surface area contributed by atoms with Crippen molar-refractivity contribution < 1.29 is 0 Å². The van der Waals surface area contributed by atoms with Crippen LogP contribution in [-0.2, 0) is 11.5 Å². The van der Waals surface area contributed by atoms with E-state index in [-0.39, 0.29) is 0 Å². The average molecular weight is 359 g/mol. The molecule has 0 atom stereocenters. The van der Waals surface area contributed by atoms with Gasteiger partial charge in [-0.15, -0.1) is 0 Å². The van der Waals surface area contributed by atoms with Crippen molar-refractivity contribution in [3.63, 3.8) is 0 Å². The molecule has 0 radical (unpaired) electrons. The number of hydrogen-bond donors (Lipinski definition) is 0. The molecule has 0 saturated heterocycles. The quantitative estimate of drug-likeness (QED) is 0.467. The van der Waals surface area contributed by atoms with Crippen molar-refractivity contribution in [3.8, 4) is 11.1 Å². The Kier molecular flexibility index (Phi) is 8.28. The van der Waals surface area contributed by atoms with Gasteiger partial charge in [-0.3, -0.25) is 0 Å². The summed E-state index contributed by atoms with van der Waals surface area (Å²) in [6.07, 6.45) is 0. The molecule has 0 aliphatic carbocycles. The SMILES string of the molecule is CC(C)CSCc1ccccc1-c1ccccc1CSCC(C)C. The van der Waals surface area contributed by atoms with Gasteiger partial charge >= 0.3 is 0 Å². The molecule has 0 fully saturated rings. The van der Waals surface area contributed by atoms with E-state index in [1.807, 2.05) is 23.5 Å². The molecule has 0 N–H and O–H groups in total. The fourth-order valence-corrected chi connectivity index (χ4v) is 4.75. The molecule has 2 aromatic carbocycles. The summed E-state index contributed by atoms with van der Waals surface area (Å²) in [5, 5.41) is 0. The molecule has 2 heteroatoms. The van der Waals surface area contributed by atoms with E-state index in [2.05, 4.69) is 76.2 Å². The first kappa shape index (κ1) is 19.5. The normalized spacial score (nSPS) is 11.4. The van der Waals surface area contributed by atoms with Crippen LogP contribution in [0.25, 0.3) is 11.1 Å². The predicted octanol–water partition coefficient (Wildman–Crippen LogP) is 7.13. The molecule has 0 amide bonds. The number of thioether (sulfide) groups is 2. The summed E-state index contributed by atoms with van der Waals surface area (Å²) in [4.78, 5) is 0. The van der Waals surface area contributed by atoms with E-state index < -0.39 is 0 Å². The second-order valence-electron chi connectivity index (χ2n) is 7.13. The molecule has 0 heterocycles. The standard InChI is InChI=1S/C22H30S2/c1-17(2)13-23-15-19-9-5-7-11-21(19)22-12-8-6-10-20(22)16-24-14-18(3)4/h5-12,17-18H,13-16H2,1-4H3. The second-order valence-corrected chi connectivity index (χ2v) is 9.19. The topological polar surface area (TPSA) is 0 Å². The molecule has 0 aliphatic heterocycles. The van der Waals surface area contributed by atoms with Gasteiger partial charge in [0.1, 0.15) is 0 Å². The van der Waals surface area contributed by atoms with Gasteiger partial charge in [0.05, 0.1) is 0 Å². The molecule has 0 aromatic heterocycles. The first-order valence-electron chi connectivity index (χ1n) is 8.89. The highest BCUT2D eigenvalue weighted by Crippen LogP contribution is 2.32. The van der Waals surface area contributed by atoms with Crippen LogP contribution in [0.4, 0.5) is 0 Å². The van der Waals surface area contributed by atoms with Gasteiger partial charge in [0.25, 0.3) is 0 Å². The molecule has 0 aliphatic rings. The summed E-state index contributed by atoms with van der Waals surface area (Å²) in [6, 6.07) is 17.8. The minimum Gasteiger partial charge on any atom is -0.157 e. The largest absolute Gasteiger partial charge is 0.157 e. The summed E-state index contributed by atoms with van der Waals surface area (Å²) in [7, 11) is 0. The Morgan fingerprint density at radius 3 is 1.38 bits per heavy atom. The van der Waals surface area contributed by atoms with Crippen LogP contribution in [0.5, 0.6) is 0 Å². The minimum absolute atomic E-state index is 0.752. The zero-order valence-electron chi connectivity index (χ0n) is 15.4. The summed E-state index contributed by atoms with van der Waals surface area (Å²) >= 11 is 4.09. The lowest BCUT2D eigenvalue weighted by atomic mass is 9.97. The van der Waals surface area contributed by atoms with Crippen LogP contribution in [0.3, 0.4) is 0 Å². The van der Waals surface area contributed by atoms with Gasteiger partial charge in [0, 0.05) is 11.5 Å². The summed E-state index contributed by atoms with van der Waals surface area (Å²) in [6.45, 7) is 9.17. The van der Waals surface area contributed by atoms with Gasteiger partial charge in [-0.1, -0.05) is 76.2 Å². The molecule has 0 nitrogen and oxygen atoms in total. The minimum atomic E-state index is 0.752. The zero-order valence-corrected chi connectivity index (χ0v) is 17.1. The maximum absolute atomic E-state index is 2.29. The Hall–Kier alpha value is -0.860. The van der Waals surface area contributed by atoms with Crippen LogP contribution in [-0.4, -0.2) is 11.5 Å². The van der Waals surface area contributed by atoms with Gasteiger partial charge in [-0.05, 0) is 45.6 Å². The summed E-state index contributed by atoms with van der Waals surface area (Å²) < 4.78 is 0. The summed E-state index contributed by atoms with van der Waals surface area (Å²) in [5.41, 5.74) is 5.75. The first-order valence-corrected chi connectivity index (χ1v) is 11.2. The van der Waals surface area contributed by atoms with E-state index >= 15 is 0 Å². The van der Waals surface area contributed by atoms with Gasteiger partial charge in [-0.2, -0.15) is 23.5 Å². The average Bonchev–Trinajstić information content (AvgIpc) is 2.55. The molecule has 2 aromatic rings.